The molecule has 6 aromatic rings. The molecule has 3 saturated heterocycles. The average Bonchev–Trinajstić information content (AvgIpc) is 3.28. The van der Waals surface area contributed by atoms with Crippen LogP contribution in [0.5, 0.6) is 11.5 Å². The first kappa shape index (κ1) is 41.2. The van der Waals surface area contributed by atoms with Gasteiger partial charge in [-0.3, -0.25) is 9.69 Å². The molecular weight excluding hydrogens is 780 g/mol. The molecule has 61 heavy (non-hydrogen) atoms. The van der Waals surface area contributed by atoms with Crippen LogP contribution in [-0.4, -0.2) is 64.4 Å². The number of esters is 1. The number of aliphatic hydroxyl groups excluding tert-OH is 1. The van der Waals surface area contributed by atoms with Gasteiger partial charge < -0.3 is 40.0 Å². The van der Waals surface area contributed by atoms with E-state index in [0.29, 0.717) is 33.7 Å². The molecule has 1 aromatic heterocycles. The van der Waals surface area contributed by atoms with E-state index in [1.54, 1.807) is 48.5 Å². The molecule has 9 rings (SSSR count). The number of aromatic amines is 1. The summed E-state index contributed by atoms with van der Waals surface area (Å²) in [5.41, 5.74) is 4.10. The number of halogens is 1. The van der Waals surface area contributed by atoms with E-state index in [1.807, 2.05) is 54.6 Å². The van der Waals surface area contributed by atoms with Gasteiger partial charge in [-0.25, -0.2) is 14.0 Å². The number of fused-ring (bicyclic) bond motifs is 4. The molecule has 3 atom stereocenters. The Balaban J connectivity index is 0.813. The lowest BCUT2D eigenvalue weighted by Crippen LogP contribution is -2.52. The molecule has 3 aliphatic heterocycles. The highest BCUT2D eigenvalue weighted by Crippen LogP contribution is 2.32. The standard InChI is InChI=1S/C48H47FN4O8/c49-40-23-31(25-50-26-42(55)38-15-17-41(54)46-39(38)16-18-44(56)51-46)11-14-36(40)29-60-47(57)34-12-9-30(10-13-34)28-59-37-8-4-7-35(24-37)45(33-5-2-1-3-6-33)52-48(58)61-43-27-53-21-19-32(43)20-22-53/h1-18,23-24,32,42-43,45,50,54-55H,19-22,25-29H2,(H,51,56)(H,52,58)/t42-,43-,45?/m0/s1. The molecule has 0 saturated carbocycles. The summed E-state index contributed by atoms with van der Waals surface area (Å²) in [5.74, 6) is -0.221. The lowest BCUT2D eigenvalue weighted by Gasteiger charge is -2.43. The number of hydrogen-bond acceptors (Lipinski definition) is 10. The smallest absolute Gasteiger partial charge is 0.408 e. The van der Waals surface area contributed by atoms with E-state index in [9.17, 15) is 24.6 Å². The van der Waals surface area contributed by atoms with Crippen molar-refractivity contribution in [3.05, 3.63) is 176 Å². The van der Waals surface area contributed by atoms with Gasteiger partial charge in [0.1, 0.15) is 36.6 Å². The van der Waals surface area contributed by atoms with Gasteiger partial charge in [0.2, 0.25) is 5.56 Å². The third kappa shape index (κ3) is 10.1. The Morgan fingerprint density at radius 3 is 2.38 bits per heavy atom. The molecule has 1 amide bonds. The highest BCUT2D eigenvalue weighted by Gasteiger charge is 2.37. The summed E-state index contributed by atoms with van der Waals surface area (Å²) >= 11 is 0. The molecule has 13 heteroatoms. The Bertz CT molecular complexity index is 2540. The highest BCUT2D eigenvalue weighted by molar-refractivity contribution is 5.89. The van der Waals surface area contributed by atoms with Gasteiger partial charge in [0.15, 0.2) is 0 Å². The molecule has 0 radical (unpaired) electrons. The number of nitrogens with zero attached hydrogens (tertiary/aromatic N) is 1. The maximum absolute atomic E-state index is 15.0. The van der Waals surface area contributed by atoms with E-state index >= 15 is 4.39 Å². The molecule has 3 fully saturated rings. The maximum atomic E-state index is 15.0. The van der Waals surface area contributed by atoms with Gasteiger partial charge in [0.05, 0.1) is 23.2 Å². The number of carbonyl (C=O) groups excluding carboxylic acids is 2. The molecule has 4 heterocycles. The first-order valence-electron chi connectivity index (χ1n) is 20.4. The van der Waals surface area contributed by atoms with Crippen molar-refractivity contribution < 1.29 is 38.4 Å². The second kappa shape index (κ2) is 18.8. The van der Waals surface area contributed by atoms with Crippen LogP contribution in [0.2, 0.25) is 0 Å². The molecule has 12 nitrogen and oxygen atoms in total. The number of phenolic OH excluding ortho intramolecular Hbond substituents is 1. The summed E-state index contributed by atoms with van der Waals surface area (Å²) < 4.78 is 32.6. The molecule has 2 bridgehead atoms. The minimum atomic E-state index is -0.961. The van der Waals surface area contributed by atoms with Crippen LogP contribution in [-0.2, 0) is 29.2 Å². The van der Waals surface area contributed by atoms with Gasteiger partial charge in [0, 0.05) is 36.7 Å². The van der Waals surface area contributed by atoms with Crippen LogP contribution in [0.4, 0.5) is 9.18 Å². The average molecular weight is 827 g/mol. The number of amides is 1. The predicted octanol–water partition coefficient (Wildman–Crippen LogP) is 7.04. The number of ether oxygens (including phenoxy) is 3. The van der Waals surface area contributed by atoms with Gasteiger partial charge in [-0.15, -0.1) is 0 Å². The molecule has 5 N–H and O–H groups in total. The van der Waals surface area contributed by atoms with E-state index in [1.165, 1.54) is 18.2 Å². The van der Waals surface area contributed by atoms with Gasteiger partial charge in [-0.1, -0.05) is 72.8 Å². The van der Waals surface area contributed by atoms with Gasteiger partial charge in [0.25, 0.3) is 0 Å². The summed E-state index contributed by atoms with van der Waals surface area (Å²) in [5, 5.41) is 27.6. The van der Waals surface area contributed by atoms with Crippen LogP contribution >= 0.6 is 0 Å². The largest absolute Gasteiger partial charge is 0.506 e. The SMILES string of the molecule is O=C(NC(c1ccccc1)c1cccc(OCc2ccc(C(=O)OCc3ccc(CNC[C@H](O)c4ccc(O)c5[nH]c(=O)ccc45)cc3F)cc2)c1)O[C@H]1CN2CCC1CC2. The summed E-state index contributed by atoms with van der Waals surface area (Å²) in [4.78, 5) is 42.7. The highest BCUT2D eigenvalue weighted by atomic mass is 19.1. The molecular formula is C48H47FN4O8. The quantitative estimate of drug-likeness (QED) is 0.0679. The second-order valence-corrected chi connectivity index (χ2v) is 15.6. The number of aromatic hydroxyl groups is 1. The summed E-state index contributed by atoms with van der Waals surface area (Å²) in [6.45, 7) is 3.26. The number of H-pyrrole nitrogens is 1. The topological polar surface area (TPSA) is 162 Å². The van der Waals surface area contributed by atoms with E-state index < -0.39 is 30.0 Å². The number of hydrogen-bond donors (Lipinski definition) is 5. The number of aromatic nitrogens is 1. The van der Waals surface area contributed by atoms with Crippen molar-refractivity contribution in [1.82, 2.24) is 20.5 Å². The van der Waals surface area contributed by atoms with Crippen LogP contribution in [0.15, 0.2) is 126 Å². The number of aliphatic hydroxyl groups is 1. The van der Waals surface area contributed by atoms with Crippen LogP contribution in [0.25, 0.3) is 10.9 Å². The first-order chi connectivity index (χ1) is 29.7. The fourth-order valence-electron chi connectivity index (χ4n) is 8.08. The van der Waals surface area contributed by atoms with Crippen LogP contribution in [0, 0.1) is 11.7 Å². The lowest BCUT2D eigenvalue weighted by molar-refractivity contribution is -0.0336. The molecule has 314 valence electrons. The lowest BCUT2D eigenvalue weighted by atomic mass is 9.86. The third-order valence-electron chi connectivity index (χ3n) is 11.4. The van der Waals surface area contributed by atoms with Crippen molar-refractivity contribution in [2.75, 3.05) is 26.2 Å². The Hall–Kier alpha value is -6.54. The van der Waals surface area contributed by atoms with Crippen LogP contribution in [0.1, 0.15) is 68.7 Å². The number of piperidine rings is 3. The molecule has 1 unspecified atom stereocenters. The normalized spacial score (nSPS) is 18.0. The molecule has 5 aromatic carbocycles. The van der Waals surface area contributed by atoms with Crippen molar-refractivity contribution in [3.8, 4) is 11.5 Å². The van der Waals surface area contributed by atoms with E-state index in [2.05, 4.69) is 20.5 Å². The van der Waals surface area contributed by atoms with Crippen molar-refractivity contribution in [2.45, 2.75) is 50.8 Å². The number of alkyl carbamates (subject to hydrolysis) is 1. The number of benzene rings is 5. The van der Waals surface area contributed by atoms with Crippen molar-refractivity contribution in [1.29, 1.82) is 0 Å². The number of pyridine rings is 1. The molecule has 3 aliphatic rings. The van der Waals surface area contributed by atoms with Crippen molar-refractivity contribution in [2.24, 2.45) is 5.92 Å². The zero-order chi connectivity index (χ0) is 42.3. The zero-order valence-electron chi connectivity index (χ0n) is 33.4. The van der Waals surface area contributed by atoms with Crippen molar-refractivity contribution >= 4 is 23.0 Å². The third-order valence-corrected chi connectivity index (χ3v) is 11.4. The van der Waals surface area contributed by atoms with Crippen molar-refractivity contribution in [3.63, 3.8) is 0 Å². The van der Waals surface area contributed by atoms with Gasteiger partial charge in [-0.05, 0) is 102 Å². The van der Waals surface area contributed by atoms with Crippen LogP contribution in [0.3, 0.4) is 0 Å². The Morgan fingerprint density at radius 1 is 0.852 bits per heavy atom. The minimum Gasteiger partial charge on any atom is -0.506 e. The Kier molecular flexibility index (Phi) is 12.7. The van der Waals surface area contributed by atoms with E-state index in [-0.39, 0.29) is 54.8 Å². The Labute approximate surface area is 351 Å². The maximum Gasteiger partial charge on any atom is 0.408 e. The zero-order valence-corrected chi connectivity index (χ0v) is 33.4. The van der Waals surface area contributed by atoms with Gasteiger partial charge >= 0.3 is 12.1 Å². The van der Waals surface area contributed by atoms with E-state index in [4.69, 9.17) is 14.2 Å². The monoisotopic (exact) mass is 826 g/mol. The van der Waals surface area contributed by atoms with Gasteiger partial charge in [-0.2, -0.15) is 0 Å². The van der Waals surface area contributed by atoms with Crippen LogP contribution < -0.4 is 20.9 Å². The number of carbonyl (C=O) groups is 2. The summed E-state index contributed by atoms with van der Waals surface area (Å²) in [6.07, 6.45) is 0.592. The fraction of sp³-hybridized carbons (Fsp3) is 0.271. The molecule has 0 spiro atoms. The summed E-state index contributed by atoms with van der Waals surface area (Å²) in [6, 6.07) is 34.1. The number of phenols is 1. The number of rotatable bonds is 15. The predicted molar refractivity (Wildman–Crippen MR) is 226 cm³/mol. The second-order valence-electron chi connectivity index (χ2n) is 15.6. The summed E-state index contributed by atoms with van der Waals surface area (Å²) in [7, 11) is 0. The fourth-order valence-corrected chi connectivity index (χ4v) is 8.08. The molecule has 0 aliphatic carbocycles. The first-order valence-corrected chi connectivity index (χ1v) is 20.4. The van der Waals surface area contributed by atoms with E-state index in [0.717, 1.165) is 49.2 Å². The Morgan fingerprint density at radius 2 is 1.62 bits per heavy atom. The number of nitrogens with one attached hydrogen (secondary N) is 3. The minimum absolute atomic E-state index is 0.0977.